The van der Waals surface area contributed by atoms with Gasteiger partial charge in [-0.25, -0.2) is 8.42 Å². The summed E-state index contributed by atoms with van der Waals surface area (Å²) in [6.07, 6.45) is 1.88. The molecule has 0 radical (unpaired) electrons. The van der Waals surface area contributed by atoms with Gasteiger partial charge in [-0.15, -0.1) is 0 Å². The van der Waals surface area contributed by atoms with E-state index >= 15 is 0 Å². The van der Waals surface area contributed by atoms with Crippen LogP contribution < -0.4 is 15.4 Å². The van der Waals surface area contributed by atoms with Crippen molar-refractivity contribution < 1.29 is 13.2 Å². The third-order valence-electron chi connectivity index (χ3n) is 4.40. The Hall–Kier alpha value is -2.38. The number of carbonyl (C=O) groups excluding carboxylic acids is 1. The molecular weight excluding hydrogens is 350 g/mol. The summed E-state index contributed by atoms with van der Waals surface area (Å²) < 4.78 is 27.3. The molecule has 7 heteroatoms. The summed E-state index contributed by atoms with van der Waals surface area (Å²) >= 11 is 0. The zero-order valence-electron chi connectivity index (χ0n) is 14.7. The predicted molar refractivity (Wildman–Crippen MR) is 103 cm³/mol. The lowest BCUT2D eigenvalue weighted by atomic mass is 9.99. The van der Waals surface area contributed by atoms with Gasteiger partial charge in [-0.05, 0) is 62.7 Å². The van der Waals surface area contributed by atoms with Gasteiger partial charge in [0, 0.05) is 17.9 Å². The van der Waals surface area contributed by atoms with Gasteiger partial charge in [-0.2, -0.15) is 0 Å². The number of piperidine rings is 1. The number of amides is 1. The van der Waals surface area contributed by atoms with Gasteiger partial charge in [-0.3, -0.25) is 9.52 Å². The highest BCUT2D eigenvalue weighted by molar-refractivity contribution is 7.92. The second-order valence-corrected chi connectivity index (χ2v) is 8.21. The lowest BCUT2D eigenvalue weighted by molar-refractivity contribution is -0.120. The van der Waals surface area contributed by atoms with E-state index < -0.39 is 10.0 Å². The average molecular weight is 373 g/mol. The number of sulfonamides is 1. The summed E-state index contributed by atoms with van der Waals surface area (Å²) in [5.41, 5.74) is 2.10. The van der Waals surface area contributed by atoms with E-state index in [0.29, 0.717) is 17.9 Å². The van der Waals surface area contributed by atoms with Crippen molar-refractivity contribution in [2.24, 2.45) is 5.92 Å². The molecule has 1 amide bonds. The van der Waals surface area contributed by atoms with E-state index in [-0.39, 0.29) is 16.7 Å². The molecule has 0 aliphatic carbocycles. The SMILES string of the molecule is Cc1ccc(S(=O)(=O)Nc2ccc(NC(=O)C3CCCNC3)cc2)cc1. The van der Waals surface area contributed by atoms with Crippen LogP contribution in [0.1, 0.15) is 18.4 Å². The van der Waals surface area contributed by atoms with E-state index in [9.17, 15) is 13.2 Å². The molecule has 138 valence electrons. The van der Waals surface area contributed by atoms with E-state index in [0.717, 1.165) is 24.9 Å². The normalized spacial score (nSPS) is 17.5. The summed E-state index contributed by atoms with van der Waals surface area (Å²) in [5, 5.41) is 6.10. The standard InChI is InChI=1S/C19H23N3O3S/c1-14-4-10-18(11-5-14)26(24,25)22-17-8-6-16(7-9-17)21-19(23)15-3-2-12-20-13-15/h4-11,15,20,22H,2-3,12-13H2,1H3,(H,21,23). The zero-order valence-corrected chi connectivity index (χ0v) is 15.5. The minimum Gasteiger partial charge on any atom is -0.326 e. The Morgan fingerprint density at radius 2 is 1.69 bits per heavy atom. The molecule has 2 aromatic rings. The first kappa shape index (κ1) is 18.4. The molecule has 2 aromatic carbocycles. The summed E-state index contributed by atoms with van der Waals surface area (Å²) in [6.45, 7) is 3.56. The quantitative estimate of drug-likeness (QED) is 0.752. The summed E-state index contributed by atoms with van der Waals surface area (Å²) in [5.74, 6) is -0.0337. The summed E-state index contributed by atoms with van der Waals surface area (Å²) in [6, 6.07) is 13.3. The first-order chi connectivity index (χ1) is 12.4. The summed E-state index contributed by atoms with van der Waals surface area (Å²) in [4.78, 5) is 12.4. The van der Waals surface area contributed by atoms with Crippen molar-refractivity contribution in [3.8, 4) is 0 Å². The second-order valence-electron chi connectivity index (χ2n) is 6.53. The van der Waals surface area contributed by atoms with Crippen LogP contribution in [0.4, 0.5) is 11.4 Å². The Kier molecular flexibility index (Phi) is 5.58. The maximum Gasteiger partial charge on any atom is 0.261 e. The topological polar surface area (TPSA) is 87.3 Å². The van der Waals surface area contributed by atoms with Gasteiger partial charge in [0.05, 0.1) is 10.8 Å². The lowest BCUT2D eigenvalue weighted by Crippen LogP contribution is -2.37. The predicted octanol–water partition coefficient (Wildman–Crippen LogP) is 2.73. The Morgan fingerprint density at radius 3 is 2.31 bits per heavy atom. The molecule has 0 spiro atoms. The fourth-order valence-electron chi connectivity index (χ4n) is 2.87. The fraction of sp³-hybridized carbons (Fsp3) is 0.316. The van der Waals surface area contributed by atoms with E-state index in [1.807, 2.05) is 6.92 Å². The number of aryl methyl sites for hydroxylation is 1. The van der Waals surface area contributed by atoms with Crippen LogP contribution in [-0.4, -0.2) is 27.4 Å². The number of benzene rings is 2. The minimum absolute atomic E-state index is 0.00909. The Morgan fingerprint density at radius 1 is 1.04 bits per heavy atom. The molecule has 1 unspecified atom stereocenters. The van der Waals surface area contributed by atoms with Crippen molar-refractivity contribution in [1.82, 2.24) is 5.32 Å². The number of carbonyl (C=O) groups is 1. The van der Waals surface area contributed by atoms with E-state index in [4.69, 9.17) is 0 Å². The number of hydrogen-bond donors (Lipinski definition) is 3. The number of rotatable bonds is 5. The van der Waals surface area contributed by atoms with Gasteiger partial charge < -0.3 is 10.6 Å². The van der Waals surface area contributed by atoms with Crippen LogP contribution in [0.25, 0.3) is 0 Å². The van der Waals surface area contributed by atoms with Crippen molar-refractivity contribution in [1.29, 1.82) is 0 Å². The maximum atomic E-state index is 12.4. The van der Waals surface area contributed by atoms with Gasteiger partial charge >= 0.3 is 0 Å². The van der Waals surface area contributed by atoms with E-state index in [1.54, 1.807) is 48.5 Å². The largest absolute Gasteiger partial charge is 0.326 e. The molecule has 1 fully saturated rings. The highest BCUT2D eigenvalue weighted by atomic mass is 32.2. The molecule has 1 aliphatic rings. The van der Waals surface area contributed by atoms with Gasteiger partial charge in [0.2, 0.25) is 5.91 Å². The third-order valence-corrected chi connectivity index (χ3v) is 5.80. The molecule has 3 N–H and O–H groups in total. The Bertz CT molecular complexity index is 856. The van der Waals surface area contributed by atoms with Crippen LogP contribution >= 0.6 is 0 Å². The molecule has 0 bridgehead atoms. The summed E-state index contributed by atoms with van der Waals surface area (Å²) in [7, 11) is -3.63. The van der Waals surface area contributed by atoms with Crippen LogP contribution in [0.15, 0.2) is 53.4 Å². The monoisotopic (exact) mass is 373 g/mol. The van der Waals surface area contributed by atoms with Gasteiger partial charge in [0.25, 0.3) is 10.0 Å². The van der Waals surface area contributed by atoms with Crippen molar-refractivity contribution in [3.05, 3.63) is 54.1 Å². The average Bonchev–Trinajstić information content (AvgIpc) is 2.64. The number of nitrogens with one attached hydrogen (secondary N) is 3. The van der Waals surface area contributed by atoms with Crippen LogP contribution in [0.3, 0.4) is 0 Å². The molecule has 26 heavy (non-hydrogen) atoms. The molecular formula is C19H23N3O3S. The molecule has 1 saturated heterocycles. The molecule has 1 atom stereocenters. The van der Waals surface area contributed by atoms with E-state index in [2.05, 4.69) is 15.4 Å². The van der Waals surface area contributed by atoms with Gasteiger partial charge in [0.15, 0.2) is 0 Å². The first-order valence-corrected chi connectivity index (χ1v) is 10.1. The third kappa shape index (κ3) is 4.62. The Balaban J connectivity index is 1.63. The number of hydrogen-bond acceptors (Lipinski definition) is 4. The number of anilines is 2. The minimum atomic E-state index is -3.63. The van der Waals surface area contributed by atoms with E-state index in [1.165, 1.54) is 0 Å². The molecule has 0 aromatic heterocycles. The van der Waals surface area contributed by atoms with Gasteiger partial charge in [-0.1, -0.05) is 17.7 Å². The maximum absolute atomic E-state index is 12.4. The van der Waals surface area contributed by atoms with Gasteiger partial charge in [0.1, 0.15) is 0 Å². The van der Waals surface area contributed by atoms with Crippen molar-refractivity contribution in [2.75, 3.05) is 23.1 Å². The smallest absolute Gasteiger partial charge is 0.261 e. The molecule has 0 saturated carbocycles. The molecule has 1 aliphatic heterocycles. The fourth-order valence-corrected chi connectivity index (χ4v) is 3.93. The zero-order chi connectivity index (χ0) is 18.6. The molecule has 3 rings (SSSR count). The highest BCUT2D eigenvalue weighted by Crippen LogP contribution is 2.20. The highest BCUT2D eigenvalue weighted by Gasteiger charge is 2.21. The van der Waals surface area contributed by atoms with Crippen molar-refractivity contribution in [3.63, 3.8) is 0 Å². The molecule has 1 heterocycles. The van der Waals surface area contributed by atoms with Crippen LogP contribution in [0.5, 0.6) is 0 Å². The van der Waals surface area contributed by atoms with Crippen molar-refractivity contribution in [2.45, 2.75) is 24.7 Å². The second kappa shape index (κ2) is 7.88. The lowest BCUT2D eigenvalue weighted by Gasteiger charge is -2.21. The first-order valence-electron chi connectivity index (χ1n) is 8.65. The Labute approximate surface area is 154 Å². The van der Waals surface area contributed by atoms with Crippen LogP contribution in [0, 0.1) is 12.8 Å². The van der Waals surface area contributed by atoms with Crippen LogP contribution in [-0.2, 0) is 14.8 Å². The molecule has 6 nitrogen and oxygen atoms in total. The van der Waals surface area contributed by atoms with Crippen LogP contribution in [0.2, 0.25) is 0 Å². The van der Waals surface area contributed by atoms with Crippen molar-refractivity contribution >= 4 is 27.3 Å².